The fraction of sp³-hybridized carbons (Fsp3) is 0.333. The standard InChI is InChI=1S/C18H16F3N3S.ClH/c19-18(20,21)17-22-13-11-14(12-7-3-1-4-8-12)25-15(13)16(23-17)24-9-5-2-6-10-24;/h1,3-4,7-8,11H,2,5-6,9-10H2;1H. The number of aromatic nitrogens is 2. The van der Waals surface area contributed by atoms with Gasteiger partial charge in [0.2, 0.25) is 5.82 Å². The van der Waals surface area contributed by atoms with E-state index in [9.17, 15) is 13.2 Å². The Morgan fingerprint density at radius 2 is 1.65 bits per heavy atom. The van der Waals surface area contributed by atoms with E-state index in [0.29, 0.717) is 11.3 Å². The van der Waals surface area contributed by atoms with Crippen LogP contribution in [0.15, 0.2) is 36.4 Å². The van der Waals surface area contributed by atoms with Crippen molar-refractivity contribution in [1.29, 1.82) is 0 Å². The van der Waals surface area contributed by atoms with Gasteiger partial charge in [0.15, 0.2) is 5.82 Å². The molecule has 1 fully saturated rings. The summed E-state index contributed by atoms with van der Waals surface area (Å²) in [6.07, 6.45) is -1.49. The summed E-state index contributed by atoms with van der Waals surface area (Å²) in [5.41, 5.74) is 1.34. The lowest BCUT2D eigenvalue weighted by molar-refractivity contribution is -0.144. The molecule has 0 amide bonds. The molecule has 1 saturated heterocycles. The number of alkyl halides is 3. The first-order chi connectivity index (χ1) is 12.0. The summed E-state index contributed by atoms with van der Waals surface area (Å²) in [5.74, 6) is -0.637. The summed E-state index contributed by atoms with van der Waals surface area (Å²) in [6, 6.07) is 11.4. The zero-order chi connectivity index (χ0) is 17.4. The van der Waals surface area contributed by atoms with Crippen molar-refractivity contribution in [1.82, 2.24) is 9.97 Å². The molecule has 0 bridgehead atoms. The highest BCUT2D eigenvalue weighted by atomic mass is 35.5. The number of hydrogen-bond acceptors (Lipinski definition) is 4. The lowest BCUT2D eigenvalue weighted by Crippen LogP contribution is -2.31. The fourth-order valence-electron chi connectivity index (χ4n) is 3.11. The molecule has 0 unspecified atom stereocenters. The van der Waals surface area contributed by atoms with Crippen molar-refractivity contribution in [2.45, 2.75) is 25.4 Å². The SMILES string of the molecule is Cl.FC(F)(F)c1nc(N2CCCCC2)c2sc(-c3ccccc3)cc2n1. The van der Waals surface area contributed by atoms with Crippen molar-refractivity contribution in [2.24, 2.45) is 0 Å². The van der Waals surface area contributed by atoms with E-state index in [0.717, 1.165) is 47.5 Å². The number of hydrogen-bond donors (Lipinski definition) is 0. The molecule has 1 aliphatic heterocycles. The number of piperidine rings is 1. The summed E-state index contributed by atoms with van der Waals surface area (Å²) in [6.45, 7) is 1.48. The van der Waals surface area contributed by atoms with E-state index in [1.807, 2.05) is 35.2 Å². The molecule has 3 aromatic rings. The molecule has 0 aliphatic carbocycles. The number of fused-ring (bicyclic) bond motifs is 1. The highest BCUT2D eigenvalue weighted by Crippen LogP contribution is 2.40. The van der Waals surface area contributed by atoms with Crippen molar-refractivity contribution >= 4 is 39.8 Å². The van der Waals surface area contributed by atoms with Gasteiger partial charge in [-0.3, -0.25) is 0 Å². The van der Waals surface area contributed by atoms with Crippen LogP contribution in [0.4, 0.5) is 19.0 Å². The van der Waals surface area contributed by atoms with E-state index in [1.165, 1.54) is 11.3 Å². The second-order valence-corrected chi connectivity index (χ2v) is 7.16. The third-order valence-corrected chi connectivity index (χ3v) is 5.49. The van der Waals surface area contributed by atoms with Crippen molar-refractivity contribution < 1.29 is 13.2 Å². The first-order valence-corrected chi connectivity index (χ1v) is 9.03. The Balaban J connectivity index is 0.00000196. The van der Waals surface area contributed by atoms with Gasteiger partial charge in [-0.1, -0.05) is 30.3 Å². The minimum absolute atomic E-state index is 0. The molecule has 138 valence electrons. The van der Waals surface area contributed by atoms with Crippen molar-refractivity contribution in [3.05, 3.63) is 42.2 Å². The van der Waals surface area contributed by atoms with E-state index >= 15 is 0 Å². The average molecular weight is 400 g/mol. The summed E-state index contributed by atoms with van der Waals surface area (Å²) in [5, 5.41) is 0. The molecule has 8 heteroatoms. The van der Waals surface area contributed by atoms with Gasteiger partial charge in [0.05, 0.1) is 10.2 Å². The molecule has 3 heterocycles. The number of thiophene rings is 1. The molecule has 3 nitrogen and oxygen atoms in total. The molecule has 1 aliphatic rings. The molecule has 1 aromatic carbocycles. The van der Waals surface area contributed by atoms with E-state index in [-0.39, 0.29) is 12.4 Å². The summed E-state index contributed by atoms with van der Waals surface area (Å²) < 4.78 is 40.5. The Morgan fingerprint density at radius 3 is 2.31 bits per heavy atom. The predicted molar refractivity (Wildman–Crippen MR) is 101 cm³/mol. The zero-order valence-corrected chi connectivity index (χ0v) is 15.4. The molecule has 4 rings (SSSR count). The monoisotopic (exact) mass is 399 g/mol. The smallest absolute Gasteiger partial charge is 0.355 e. The van der Waals surface area contributed by atoms with Crippen molar-refractivity contribution in [2.75, 3.05) is 18.0 Å². The zero-order valence-electron chi connectivity index (χ0n) is 13.8. The van der Waals surface area contributed by atoms with E-state index < -0.39 is 12.0 Å². The lowest BCUT2D eigenvalue weighted by Gasteiger charge is -2.28. The minimum atomic E-state index is -4.55. The van der Waals surface area contributed by atoms with Crippen LogP contribution in [0.3, 0.4) is 0 Å². The maximum atomic E-state index is 13.3. The van der Waals surface area contributed by atoms with Gasteiger partial charge in [0.1, 0.15) is 0 Å². The van der Waals surface area contributed by atoms with Gasteiger partial charge < -0.3 is 4.90 Å². The maximum absolute atomic E-state index is 13.3. The van der Waals surface area contributed by atoms with E-state index in [1.54, 1.807) is 6.07 Å². The molecule has 0 atom stereocenters. The Bertz CT molecular complexity index is 890. The van der Waals surface area contributed by atoms with Gasteiger partial charge in [0, 0.05) is 18.0 Å². The second kappa shape index (κ2) is 7.40. The number of anilines is 1. The first-order valence-electron chi connectivity index (χ1n) is 8.21. The normalized spacial score (nSPS) is 15.1. The summed E-state index contributed by atoms with van der Waals surface area (Å²) in [4.78, 5) is 10.6. The highest BCUT2D eigenvalue weighted by molar-refractivity contribution is 7.22. The average Bonchev–Trinajstić information content (AvgIpc) is 3.06. The molecule has 0 N–H and O–H groups in total. The van der Waals surface area contributed by atoms with Gasteiger partial charge in [-0.25, -0.2) is 9.97 Å². The van der Waals surface area contributed by atoms with Crippen LogP contribution in [0.2, 0.25) is 0 Å². The Hall–Kier alpha value is -1.86. The van der Waals surface area contributed by atoms with Crippen LogP contribution in [-0.4, -0.2) is 23.1 Å². The molecule has 0 radical (unpaired) electrons. The van der Waals surface area contributed by atoms with Crippen LogP contribution < -0.4 is 4.90 Å². The largest absolute Gasteiger partial charge is 0.451 e. The molecular formula is C18H17ClF3N3S. The minimum Gasteiger partial charge on any atom is -0.355 e. The summed E-state index contributed by atoms with van der Waals surface area (Å²) >= 11 is 1.46. The molecule has 26 heavy (non-hydrogen) atoms. The van der Waals surface area contributed by atoms with Gasteiger partial charge >= 0.3 is 6.18 Å². The number of nitrogens with zero attached hydrogens (tertiary/aromatic N) is 3. The van der Waals surface area contributed by atoms with E-state index in [4.69, 9.17) is 0 Å². The quantitative estimate of drug-likeness (QED) is 0.546. The second-order valence-electron chi connectivity index (χ2n) is 6.11. The number of benzene rings is 1. The van der Waals surface area contributed by atoms with Crippen LogP contribution in [0.1, 0.15) is 25.1 Å². The predicted octanol–water partition coefficient (Wildman–Crippen LogP) is 5.79. The van der Waals surface area contributed by atoms with Gasteiger partial charge in [-0.05, 0) is 30.9 Å². The molecule has 2 aromatic heterocycles. The van der Waals surface area contributed by atoms with E-state index in [2.05, 4.69) is 9.97 Å². The number of rotatable bonds is 2. The third-order valence-electron chi connectivity index (χ3n) is 4.32. The van der Waals surface area contributed by atoms with Crippen LogP contribution in [-0.2, 0) is 6.18 Å². The Kier molecular flexibility index (Phi) is 5.39. The van der Waals surface area contributed by atoms with Gasteiger partial charge in [-0.2, -0.15) is 13.2 Å². The van der Waals surface area contributed by atoms with Crippen LogP contribution >= 0.6 is 23.7 Å². The lowest BCUT2D eigenvalue weighted by atomic mass is 10.1. The van der Waals surface area contributed by atoms with Gasteiger partial charge in [0.25, 0.3) is 0 Å². The highest BCUT2D eigenvalue weighted by Gasteiger charge is 2.36. The third kappa shape index (κ3) is 3.64. The molecule has 0 spiro atoms. The van der Waals surface area contributed by atoms with Crippen LogP contribution in [0.25, 0.3) is 20.7 Å². The maximum Gasteiger partial charge on any atom is 0.451 e. The first kappa shape index (κ1) is 18.9. The fourth-order valence-corrected chi connectivity index (χ4v) is 4.23. The number of halogens is 4. The van der Waals surface area contributed by atoms with Gasteiger partial charge in [-0.15, -0.1) is 23.7 Å². The Morgan fingerprint density at radius 1 is 0.962 bits per heavy atom. The Labute approximate surface area is 159 Å². The molecular weight excluding hydrogens is 383 g/mol. The molecule has 0 saturated carbocycles. The van der Waals surface area contributed by atoms with Crippen LogP contribution in [0, 0.1) is 0 Å². The van der Waals surface area contributed by atoms with Crippen LogP contribution in [0.5, 0.6) is 0 Å². The topological polar surface area (TPSA) is 29.0 Å². The summed E-state index contributed by atoms with van der Waals surface area (Å²) in [7, 11) is 0. The van der Waals surface area contributed by atoms with Crippen molar-refractivity contribution in [3.63, 3.8) is 0 Å². The van der Waals surface area contributed by atoms with Crippen molar-refractivity contribution in [3.8, 4) is 10.4 Å².